The Morgan fingerprint density at radius 1 is 1.32 bits per heavy atom. The van der Waals surface area contributed by atoms with Gasteiger partial charge < -0.3 is 30.8 Å². The van der Waals surface area contributed by atoms with Gasteiger partial charge in [-0.1, -0.05) is 18.9 Å². The molecule has 1 aliphatic rings. The van der Waals surface area contributed by atoms with E-state index in [1.165, 1.54) is 5.56 Å². The van der Waals surface area contributed by atoms with Crippen molar-refractivity contribution >= 4 is 24.1 Å². The van der Waals surface area contributed by atoms with Crippen LogP contribution >= 0.6 is 0 Å². The van der Waals surface area contributed by atoms with E-state index in [0.717, 1.165) is 55.8 Å². The molecule has 2 heterocycles. The molecule has 6 N–H and O–H groups in total. The molecule has 8 nitrogen and oxygen atoms in total. The third-order valence-electron chi connectivity index (χ3n) is 6.41. The summed E-state index contributed by atoms with van der Waals surface area (Å²) in [6.45, 7) is 4.81. The van der Waals surface area contributed by atoms with Gasteiger partial charge in [-0.25, -0.2) is 4.98 Å². The summed E-state index contributed by atoms with van der Waals surface area (Å²) in [5, 5.41) is 27.5. The molecule has 2 aromatic rings. The number of aryl methyl sites for hydroxylation is 1. The summed E-state index contributed by atoms with van der Waals surface area (Å²) >= 11 is 0. The van der Waals surface area contributed by atoms with Gasteiger partial charge in [-0.2, -0.15) is 0 Å². The molecule has 31 heavy (non-hydrogen) atoms. The molecule has 1 saturated heterocycles. The molecule has 0 radical (unpaired) electrons. The third-order valence-corrected chi connectivity index (χ3v) is 6.41. The van der Waals surface area contributed by atoms with Crippen molar-refractivity contribution in [1.29, 1.82) is 0 Å². The number of carbonyl (C=O) groups is 1. The number of nitrogens with two attached hydrogens (primary N) is 1. The van der Waals surface area contributed by atoms with E-state index < -0.39 is 18.6 Å². The Bertz CT molecular complexity index is 874. The van der Waals surface area contributed by atoms with Gasteiger partial charge in [-0.05, 0) is 76.1 Å². The summed E-state index contributed by atoms with van der Waals surface area (Å²) in [4.78, 5) is 22.4. The fourth-order valence-corrected chi connectivity index (χ4v) is 4.54. The number of nitrogens with zero attached hydrogens (tertiary/aromatic N) is 2. The second-order valence-corrected chi connectivity index (χ2v) is 9.07. The van der Waals surface area contributed by atoms with Gasteiger partial charge >= 0.3 is 13.1 Å². The van der Waals surface area contributed by atoms with Crippen molar-refractivity contribution in [3.8, 4) is 0 Å². The number of aromatic amines is 1. The number of benzene rings is 1. The Morgan fingerprint density at radius 2 is 2.10 bits per heavy atom. The number of imidazole rings is 1. The molecule has 0 amide bonds. The van der Waals surface area contributed by atoms with Crippen LogP contribution in [0.2, 0.25) is 6.32 Å². The number of aliphatic carboxylic acids is 1. The van der Waals surface area contributed by atoms with Gasteiger partial charge in [0.15, 0.2) is 0 Å². The molecule has 9 heteroatoms. The second kappa shape index (κ2) is 10.6. The number of carboxylic acid groups (broad SMARTS) is 1. The van der Waals surface area contributed by atoms with E-state index in [-0.39, 0.29) is 6.32 Å². The first-order chi connectivity index (χ1) is 14.8. The topological polar surface area (TPSA) is 136 Å². The van der Waals surface area contributed by atoms with Gasteiger partial charge in [0.05, 0.1) is 11.0 Å². The molecular formula is C22H35BN4O4. The number of piperidine rings is 1. The van der Waals surface area contributed by atoms with Crippen molar-refractivity contribution < 1.29 is 19.9 Å². The van der Waals surface area contributed by atoms with Crippen LogP contribution in [-0.4, -0.2) is 68.3 Å². The molecule has 2 unspecified atom stereocenters. The van der Waals surface area contributed by atoms with Crippen LogP contribution in [0.5, 0.6) is 0 Å². The molecule has 170 valence electrons. The second-order valence-electron chi connectivity index (χ2n) is 9.07. The minimum Gasteiger partial charge on any atom is -0.480 e. The Balaban J connectivity index is 1.50. The lowest BCUT2D eigenvalue weighted by atomic mass is 9.81. The van der Waals surface area contributed by atoms with Gasteiger partial charge in [-0.3, -0.25) is 4.79 Å². The van der Waals surface area contributed by atoms with E-state index >= 15 is 0 Å². The lowest BCUT2D eigenvalue weighted by molar-refractivity contribution is -0.144. The van der Waals surface area contributed by atoms with Crippen LogP contribution in [0.1, 0.15) is 62.3 Å². The van der Waals surface area contributed by atoms with E-state index in [9.17, 15) is 9.90 Å². The number of carboxylic acids is 1. The van der Waals surface area contributed by atoms with Gasteiger partial charge in [0, 0.05) is 12.5 Å². The summed E-state index contributed by atoms with van der Waals surface area (Å²) in [6, 6.07) is 6.27. The van der Waals surface area contributed by atoms with Crippen LogP contribution < -0.4 is 5.73 Å². The number of fused-ring (bicyclic) bond motifs is 1. The summed E-state index contributed by atoms with van der Waals surface area (Å²) < 4.78 is 0. The molecule has 3 rings (SSSR count). The van der Waals surface area contributed by atoms with E-state index in [0.29, 0.717) is 31.6 Å². The Morgan fingerprint density at radius 3 is 2.84 bits per heavy atom. The predicted molar refractivity (Wildman–Crippen MR) is 122 cm³/mol. The highest BCUT2D eigenvalue weighted by Gasteiger charge is 2.33. The van der Waals surface area contributed by atoms with Crippen LogP contribution in [0.4, 0.5) is 0 Å². The number of nitrogens with one attached hydrogen (secondary N) is 1. The van der Waals surface area contributed by atoms with E-state index in [1.54, 1.807) is 0 Å². The number of rotatable bonds is 11. The van der Waals surface area contributed by atoms with Gasteiger partial charge in [0.2, 0.25) is 0 Å². The zero-order valence-corrected chi connectivity index (χ0v) is 18.4. The van der Waals surface area contributed by atoms with Gasteiger partial charge in [-0.15, -0.1) is 0 Å². The van der Waals surface area contributed by atoms with E-state index in [1.807, 2.05) is 0 Å². The minimum atomic E-state index is -1.35. The van der Waals surface area contributed by atoms with E-state index in [2.05, 4.69) is 35.0 Å². The molecule has 0 spiro atoms. The summed E-state index contributed by atoms with van der Waals surface area (Å²) in [6.07, 6.45) is 5.03. The molecule has 0 saturated carbocycles. The number of unbranched alkanes of at least 4 members (excludes halogenated alkanes) is 1. The zero-order valence-electron chi connectivity index (χ0n) is 18.4. The fraction of sp³-hybridized carbons (Fsp3) is 0.636. The smallest absolute Gasteiger partial charge is 0.451 e. The maximum Gasteiger partial charge on any atom is 0.451 e. The largest absolute Gasteiger partial charge is 0.480 e. The van der Waals surface area contributed by atoms with Crippen molar-refractivity contribution in [1.82, 2.24) is 14.9 Å². The number of likely N-dealkylation sites (tertiary alicyclic amines) is 1. The van der Waals surface area contributed by atoms with Crippen molar-refractivity contribution in [2.24, 2.45) is 5.73 Å². The third kappa shape index (κ3) is 6.52. The van der Waals surface area contributed by atoms with Gasteiger partial charge in [0.1, 0.15) is 11.4 Å². The lowest BCUT2D eigenvalue weighted by Crippen LogP contribution is -2.48. The van der Waals surface area contributed by atoms with Crippen molar-refractivity contribution in [2.75, 3.05) is 19.6 Å². The molecule has 0 aliphatic carbocycles. The highest BCUT2D eigenvalue weighted by atomic mass is 16.4. The Labute approximate surface area is 184 Å². The highest BCUT2D eigenvalue weighted by molar-refractivity contribution is 6.40. The first-order valence-electron chi connectivity index (χ1n) is 11.3. The molecular weight excluding hydrogens is 395 g/mol. The van der Waals surface area contributed by atoms with Crippen LogP contribution in [0.25, 0.3) is 11.0 Å². The van der Waals surface area contributed by atoms with Crippen molar-refractivity contribution in [3.05, 3.63) is 29.6 Å². The SMILES string of the molecule is Cc1ccc2[nH]c(C3CCCN(CCCC(N)(CCCCB(O)O)C(=O)O)C3)nc2c1. The van der Waals surface area contributed by atoms with Crippen molar-refractivity contribution in [3.63, 3.8) is 0 Å². The Kier molecular flexibility index (Phi) is 8.10. The average molecular weight is 430 g/mol. The number of H-pyrrole nitrogens is 1. The van der Waals surface area contributed by atoms with Crippen molar-refractivity contribution in [2.45, 2.75) is 69.6 Å². The first kappa shape index (κ1) is 23.7. The molecule has 1 fully saturated rings. The van der Waals surface area contributed by atoms with Crippen LogP contribution in [-0.2, 0) is 4.79 Å². The number of hydrogen-bond acceptors (Lipinski definition) is 6. The fourth-order valence-electron chi connectivity index (χ4n) is 4.54. The number of hydrogen-bond donors (Lipinski definition) is 5. The summed E-state index contributed by atoms with van der Waals surface area (Å²) in [5.74, 6) is 0.412. The zero-order chi connectivity index (χ0) is 22.4. The average Bonchev–Trinajstić information content (AvgIpc) is 3.14. The van der Waals surface area contributed by atoms with Gasteiger partial charge in [0.25, 0.3) is 0 Å². The normalized spacial score (nSPS) is 19.4. The van der Waals surface area contributed by atoms with E-state index in [4.69, 9.17) is 20.8 Å². The number of aromatic nitrogens is 2. The van der Waals surface area contributed by atoms with Crippen LogP contribution in [0, 0.1) is 6.92 Å². The quantitative estimate of drug-likeness (QED) is 0.273. The maximum atomic E-state index is 11.7. The lowest BCUT2D eigenvalue weighted by Gasteiger charge is -2.33. The maximum absolute atomic E-state index is 11.7. The summed E-state index contributed by atoms with van der Waals surface area (Å²) in [5.41, 5.74) is 8.21. The summed E-state index contributed by atoms with van der Waals surface area (Å²) in [7, 11) is -1.35. The standard InChI is InChI=1S/C22H35BN4O4/c1-16-7-8-18-19(14-16)26-20(25-18)17-6-4-12-27(15-17)13-5-10-22(24,21(28)29)9-2-3-11-23(30)31/h7-8,14,17,30-31H,2-6,9-13,15,24H2,1H3,(H,25,26)(H,28,29). The van der Waals surface area contributed by atoms with Crippen LogP contribution in [0.3, 0.4) is 0 Å². The molecule has 1 aromatic carbocycles. The molecule has 2 atom stereocenters. The molecule has 1 aliphatic heterocycles. The highest BCUT2D eigenvalue weighted by Crippen LogP contribution is 2.28. The monoisotopic (exact) mass is 430 g/mol. The predicted octanol–water partition coefficient (Wildman–Crippen LogP) is 2.26. The minimum absolute atomic E-state index is 0.242. The van der Waals surface area contributed by atoms with Crippen LogP contribution in [0.15, 0.2) is 18.2 Å². The Hall–Kier alpha value is -1.94. The first-order valence-corrected chi connectivity index (χ1v) is 11.3. The molecule has 0 bridgehead atoms. The molecule has 1 aromatic heterocycles.